The van der Waals surface area contributed by atoms with Crippen molar-refractivity contribution in [1.29, 1.82) is 0 Å². The summed E-state index contributed by atoms with van der Waals surface area (Å²) in [6.45, 7) is 1.70. The second kappa shape index (κ2) is 10.1. The van der Waals surface area contributed by atoms with Crippen LogP contribution in [0.15, 0.2) is 30.3 Å². The van der Waals surface area contributed by atoms with Crippen LogP contribution in [0.5, 0.6) is 5.75 Å². The van der Waals surface area contributed by atoms with Gasteiger partial charge in [0.2, 0.25) is 0 Å². The first-order valence-electron chi connectivity index (χ1n) is 9.55. The fourth-order valence-corrected chi connectivity index (χ4v) is 4.96. The van der Waals surface area contributed by atoms with Gasteiger partial charge in [-0.25, -0.2) is 17.2 Å². The van der Waals surface area contributed by atoms with Crippen molar-refractivity contribution in [3.05, 3.63) is 51.1 Å². The first-order chi connectivity index (χ1) is 14.6. The summed E-state index contributed by atoms with van der Waals surface area (Å²) in [6, 6.07) is 6.56. The Labute approximate surface area is 193 Å². The van der Waals surface area contributed by atoms with Crippen molar-refractivity contribution in [2.24, 2.45) is 5.73 Å². The normalized spacial score (nSPS) is 16.1. The number of hydrogen-bond donors (Lipinski definition) is 2. The van der Waals surface area contributed by atoms with E-state index < -0.39 is 27.4 Å². The van der Waals surface area contributed by atoms with E-state index in [1.165, 1.54) is 12.1 Å². The molecule has 0 aliphatic carbocycles. The number of sulfone groups is 1. The molecule has 1 amide bonds. The van der Waals surface area contributed by atoms with Crippen molar-refractivity contribution in [2.45, 2.75) is 6.42 Å². The van der Waals surface area contributed by atoms with Gasteiger partial charge in [-0.1, -0.05) is 0 Å². The maximum atomic E-state index is 14.2. The number of rotatable bonds is 8. The molecule has 0 bridgehead atoms. The average Bonchev–Trinajstić information content (AvgIpc) is 2.68. The second-order valence-electron chi connectivity index (χ2n) is 7.14. The number of primary amides is 1. The zero-order chi connectivity index (χ0) is 22.6. The third kappa shape index (κ3) is 6.50. The van der Waals surface area contributed by atoms with E-state index in [1.807, 2.05) is 27.5 Å². The van der Waals surface area contributed by atoms with Crippen molar-refractivity contribution in [2.75, 3.05) is 43.1 Å². The summed E-state index contributed by atoms with van der Waals surface area (Å²) in [6.07, 6.45) is 0.545. The number of amides is 1. The Morgan fingerprint density at radius 1 is 1.16 bits per heavy atom. The molecule has 1 saturated heterocycles. The molecule has 11 heteroatoms. The number of anilines is 2. The van der Waals surface area contributed by atoms with Gasteiger partial charge in [0.05, 0.1) is 29.5 Å². The van der Waals surface area contributed by atoms with E-state index in [-0.39, 0.29) is 40.8 Å². The Morgan fingerprint density at radius 2 is 1.87 bits per heavy atom. The summed E-state index contributed by atoms with van der Waals surface area (Å²) in [5, 5.41) is 2.72. The molecule has 3 rings (SSSR count). The number of halogens is 3. The smallest absolute Gasteiger partial charge is 0.254 e. The topological polar surface area (TPSA) is 102 Å². The van der Waals surface area contributed by atoms with Crippen molar-refractivity contribution in [3.63, 3.8) is 0 Å². The summed E-state index contributed by atoms with van der Waals surface area (Å²) < 4.78 is 57.6. The van der Waals surface area contributed by atoms with Crippen molar-refractivity contribution < 1.29 is 26.7 Å². The zero-order valence-corrected chi connectivity index (χ0v) is 19.5. The van der Waals surface area contributed by atoms with E-state index in [2.05, 4.69) is 5.32 Å². The Hall–Kier alpha value is -1.99. The fourth-order valence-electron chi connectivity index (χ4n) is 3.23. The molecule has 0 aromatic heterocycles. The van der Waals surface area contributed by atoms with Gasteiger partial charge in [-0.2, -0.15) is 0 Å². The molecule has 3 N–H and O–H groups in total. The SMILES string of the molecule is NC(=O)c1c(Nc2ccc(I)cc2F)cc(F)cc1OCCCN1CCS(=O)(=O)CC1. The maximum absolute atomic E-state index is 14.2. The maximum Gasteiger partial charge on any atom is 0.254 e. The van der Waals surface area contributed by atoms with Gasteiger partial charge >= 0.3 is 0 Å². The molecule has 0 atom stereocenters. The van der Waals surface area contributed by atoms with E-state index in [0.717, 1.165) is 12.1 Å². The van der Waals surface area contributed by atoms with Gasteiger partial charge in [-0.05, 0) is 53.3 Å². The molecule has 1 aliphatic heterocycles. The highest BCUT2D eigenvalue weighted by atomic mass is 127. The lowest BCUT2D eigenvalue weighted by molar-refractivity contribution is 0.0997. The van der Waals surface area contributed by atoms with E-state index in [0.29, 0.717) is 29.6 Å². The number of nitrogens with two attached hydrogens (primary N) is 1. The van der Waals surface area contributed by atoms with Crippen LogP contribution >= 0.6 is 22.6 Å². The fraction of sp³-hybridized carbons (Fsp3) is 0.350. The summed E-state index contributed by atoms with van der Waals surface area (Å²) in [4.78, 5) is 14.1. The third-order valence-corrected chi connectivity index (χ3v) is 7.11. The molecule has 31 heavy (non-hydrogen) atoms. The van der Waals surface area contributed by atoms with Crippen LogP contribution in [0.1, 0.15) is 16.8 Å². The van der Waals surface area contributed by atoms with E-state index >= 15 is 0 Å². The Bertz CT molecular complexity index is 1070. The highest BCUT2D eigenvalue weighted by molar-refractivity contribution is 14.1. The van der Waals surface area contributed by atoms with Gasteiger partial charge in [0.25, 0.3) is 5.91 Å². The van der Waals surface area contributed by atoms with E-state index in [4.69, 9.17) is 10.5 Å². The molecule has 1 fully saturated rings. The minimum atomic E-state index is -2.95. The highest BCUT2D eigenvalue weighted by Crippen LogP contribution is 2.31. The lowest BCUT2D eigenvalue weighted by Gasteiger charge is -2.26. The Morgan fingerprint density at radius 3 is 2.52 bits per heavy atom. The summed E-state index contributed by atoms with van der Waals surface area (Å²) >= 11 is 1.96. The highest BCUT2D eigenvalue weighted by Gasteiger charge is 2.22. The zero-order valence-electron chi connectivity index (χ0n) is 16.5. The third-order valence-electron chi connectivity index (χ3n) is 4.83. The number of carbonyl (C=O) groups is 1. The summed E-state index contributed by atoms with van der Waals surface area (Å²) in [7, 11) is -2.95. The van der Waals surface area contributed by atoms with Crippen LogP contribution in [0.3, 0.4) is 0 Å². The van der Waals surface area contributed by atoms with Gasteiger partial charge in [0, 0.05) is 29.3 Å². The van der Waals surface area contributed by atoms with Crippen molar-refractivity contribution in [3.8, 4) is 5.75 Å². The molecule has 0 spiro atoms. The summed E-state index contributed by atoms with van der Waals surface area (Å²) in [5.41, 5.74) is 5.48. The van der Waals surface area contributed by atoms with Crippen LogP contribution in [-0.2, 0) is 9.84 Å². The number of carbonyl (C=O) groups excluding carboxylic acids is 1. The molecule has 168 valence electrons. The molecule has 1 heterocycles. The first kappa shape index (κ1) is 23.7. The Balaban J connectivity index is 1.69. The van der Waals surface area contributed by atoms with Crippen LogP contribution in [0, 0.1) is 15.2 Å². The van der Waals surface area contributed by atoms with Crippen LogP contribution in [0.4, 0.5) is 20.2 Å². The van der Waals surface area contributed by atoms with Crippen LogP contribution in [0.25, 0.3) is 0 Å². The summed E-state index contributed by atoms with van der Waals surface area (Å²) in [5.74, 6) is -1.85. The van der Waals surface area contributed by atoms with Crippen molar-refractivity contribution in [1.82, 2.24) is 4.90 Å². The lowest BCUT2D eigenvalue weighted by Crippen LogP contribution is -2.40. The number of nitrogens with zero attached hydrogens (tertiary/aromatic N) is 1. The molecule has 2 aromatic carbocycles. The quantitative estimate of drug-likeness (QED) is 0.377. The standard InChI is InChI=1S/C20H22F2IN3O4S/c21-13-10-17(25-16-3-2-14(23)12-15(16)22)19(20(24)27)18(11-13)30-7-1-4-26-5-8-31(28,29)9-6-26/h2-3,10-12,25H,1,4-9H2,(H2,24,27). The van der Waals surface area contributed by atoms with Gasteiger partial charge < -0.3 is 20.7 Å². The molecule has 0 saturated carbocycles. The molecule has 0 radical (unpaired) electrons. The number of hydrogen-bond acceptors (Lipinski definition) is 6. The molecule has 7 nitrogen and oxygen atoms in total. The van der Waals surface area contributed by atoms with Crippen LogP contribution in [0.2, 0.25) is 0 Å². The molecule has 0 unspecified atom stereocenters. The van der Waals surface area contributed by atoms with E-state index in [1.54, 1.807) is 6.07 Å². The molecule has 2 aromatic rings. The predicted molar refractivity (Wildman–Crippen MR) is 123 cm³/mol. The van der Waals surface area contributed by atoms with Crippen LogP contribution in [-0.4, -0.2) is 57.0 Å². The van der Waals surface area contributed by atoms with Crippen molar-refractivity contribution >= 4 is 49.7 Å². The van der Waals surface area contributed by atoms with Gasteiger partial charge in [-0.3, -0.25) is 4.79 Å². The first-order valence-corrected chi connectivity index (χ1v) is 12.5. The number of nitrogens with one attached hydrogen (secondary N) is 1. The molecule has 1 aliphatic rings. The second-order valence-corrected chi connectivity index (χ2v) is 10.7. The van der Waals surface area contributed by atoms with E-state index in [9.17, 15) is 22.0 Å². The monoisotopic (exact) mass is 565 g/mol. The largest absolute Gasteiger partial charge is 0.493 e. The number of ether oxygens (including phenoxy) is 1. The van der Waals surface area contributed by atoms with Crippen LogP contribution < -0.4 is 15.8 Å². The minimum Gasteiger partial charge on any atom is -0.493 e. The lowest BCUT2D eigenvalue weighted by atomic mass is 10.1. The predicted octanol–water partition coefficient (Wildman–Crippen LogP) is 2.91. The number of benzene rings is 2. The minimum absolute atomic E-state index is 0.00356. The molecular formula is C20H22F2IN3O4S. The van der Waals surface area contributed by atoms with Gasteiger partial charge in [-0.15, -0.1) is 0 Å². The van der Waals surface area contributed by atoms with Gasteiger partial charge in [0.15, 0.2) is 9.84 Å². The molecular weight excluding hydrogens is 543 g/mol. The Kier molecular flexibility index (Phi) is 7.70. The van der Waals surface area contributed by atoms with Gasteiger partial charge in [0.1, 0.15) is 22.9 Å². The average molecular weight is 565 g/mol.